The van der Waals surface area contributed by atoms with Crippen molar-refractivity contribution in [2.75, 3.05) is 26.2 Å². The van der Waals surface area contributed by atoms with Gasteiger partial charge >= 0.3 is 5.97 Å². The first-order valence-corrected chi connectivity index (χ1v) is 5.47. The van der Waals surface area contributed by atoms with Gasteiger partial charge in [0.15, 0.2) is 0 Å². The summed E-state index contributed by atoms with van der Waals surface area (Å²) in [6.07, 6.45) is 1.78. The molecule has 1 aliphatic heterocycles. The lowest BCUT2D eigenvalue weighted by Crippen LogP contribution is -2.55. The van der Waals surface area contributed by atoms with Crippen LogP contribution in [-0.2, 0) is 14.3 Å². The van der Waals surface area contributed by atoms with Gasteiger partial charge in [-0.15, -0.1) is 19.0 Å². The fourth-order valence-electron chi connectivity index (χ4n) is 1.67. The normalized spacial score (nSPS) is 19.5. The van der Waals surface area contributed by atoms with Gasteiger partial charge in [-0.3, -0.25) is 9.59 Å². The number of rotatable bonds is 5. The zero-order chi connectivity index (χ0) is 12.0. The van der Waals surface area contributed by atoms with Gasteiger partial charge in [0.25, 0.3) is 0 Å². The number of carbonyl (C=O) groups is 2. The molecule has 0 spiro atoms. The van der Waals surface area contributed by atoms with Gasteiger partial charge in [-0.1, -0.05) is 6.08 Å². The number of nitrogens with one attached hydrogen (secondary N) is 1. The van der Waals surface area contributed by atoms with Crippen molar-refractivity contribution in [2.24, 2.45) is 0 Å². The molecule has 1 aliphatic rings. The standard InChI is InChI=1S/C11H18N2O3.ClH/c1-3-6-13-7-5-12-9(11(13)15)8-10(14)16-4-2;/h3,9,12H,1,4-8H2,2H3;1H. The third-order valence-corrected chi connectivity index (χ3v) is 2.41. The summed E-state index contributed by atoms with van der Waals surface area (Å²) in [6.45, 7) is 7.57. The summed E-state index contributed by atoms with van der Waals surface area (Å²) >= 11 is 0. The maximum Gasteiger partial charge on any atom is 0.307 e. The molecule has 1 saturated heterocycles. The van der Waals surface area contributed by atoms with Gasteiger partial charge in [0.2, 0.25) is 5.91 Å². The van der Waals surface area contributed by atoms with Crippen molar-refractivity contribution < 1.29 is 14.3 Å². The van der Waals surface area contributed by atoms with Crippen LogP contribution in [0.25, 0.3) is 0 Å². The third kappa shape index (κ3) is 4.75. The maximum atomic E-state index is 11.9. The van der Waals surface area contributed by atoms with Crippen LogP contribution in [0.4, 0.5) is 0 Å². The molecule has 6 heteroatoms. The van der Waals surface area contributed by atoms with Crippen LogP contribution in [0.2, 0.25) is 0 Å². The summed E-state index contributed by atoms with van der Waals surface area (Å²) in [6, 6.07) is -0.451. The molecule has 0 aromatic rings. The second-order valence-electron chi connectivity index (χ2n) is 3.59. The predicted molar refractivity (Wildman–Crippen MR) is 67.1 cm³/mol. The summed E-state index contributed by atoms with van der Waals surface area (Å²) in [5.41, 5.74) is 0. The number of carbonyl (C=O) groups excluding carboxylic acids is 2. The van der Waals surface area contributed by atoms with Gasteiger partial charge in [-0.2, -0.15) is 0 Å². The van der Waals surface area contributed by atoms with Crippen LogP contribution < -0.4 is 5.32 Å². The third-order valence-electron chi connectivity index (χ3n) is 2.41. The van der Waals surface area contributed by atoms with E-state index < -0.39 is 6.04 Å². The number of hydrogen-bond donors (Lipinski definition) is 1. The van der Waals surface area contributed by atoms with Gasteiger partial charge < -0.3 is 15.0 Å². The molecular formula is C11H19ClN2O3. The second kappa shape index (κ2) is 8.08. The van der Waals surface area contributed by atoms with Gasteiger partial charge in [0.05, 0.1) is 19.1 Å². The molecule has 1 unspecified atom stereocenters. The van der Waals surface area contributed by atoms with Gasteiger partial charge in [0.1, 0.15) is 0 Å². The van der Waals surface area contributed by atoms with E-state index in [4.69, 9.17) is 4.74 Å². The van der Waals surface area contributed by atoms with Crippen molar-refractivity contribution in [1.82, 2.24) is 10.2 Å². The highest BCUT2D eigenvalue weighted by Crippen LogP contribution is 2.06. The molecule has 0 aromatic heterocycles. The zero-order valence-corrected chi connectivity index (χ0v) is 10.8. The van der Waals surface area contributed by atoms with E-state index in [2.05, 4.69) is 11.9 Å². The molecule has 5 nitrogen and oxygen atoms in total. The molecule has 0 saturated carbocycles. The first-order chi connectivity index (χ1) is 7.69. The molecule has 1 rings (SSSR count). The minimum atomic E-state index is -0.451. The number of hydrogen-bond acceptors (Lipinski definition) is 4. The maximum absolute atomic E-state index is 11.9. The predicted octanol–water partition coefficient (Wildman–Crippen LogP) is 0.348. The van der Waals surface area contributed by atoms with Crippen molar-refractivity contribution in [2.45, 2.75) is 19.4 Å². The Kier molecular flexibility index (Phi) is 7.58. The summed E-state index contributed by atoms with van der Waals surface area (Å²) in [7, 11) is 0. The molecule has 1 atom stereocenters. The molecule has 1 heterocycles. The van der Waals surface area contributed by atoms with Crippen LogP contribution in [0.15, 0.2) is 12.7 Å². The monoisotopic (exact) mass is 262 g/mol. The van der Waals surface area contributed by atoms with E-state index in [0.29, 0.717) is 26.2 Å². The lowest BCUT2D eigenvalue weighted by molar-refractivity contribution is -0.147. The number of piperazine rings is 1. The Hall–Kier alpha value is -1.07. The van der Waals surface area contributed by atoms with Crippen molar-refractivity contribution >= 4 is 24.3 Å². The fraction of sp³-hybridized carbons (Fsp3) is 0.636. The van der Waals surface area contributed by atoms with E-state index in [-0.39, 0.29) is 30.7 Å². The molecule has 17 heavy (non-hydrogen) atoms. The molecular weight excluding hydrogens is 244 g/mol. The molecule has 1 fully saturated rings. The van der Waals surface area contributed by atoms with E-state index in [9.17, 15) is 9.59 Å². The number of amides is 1. The largest absolute Gasteiger partial charge is 0.466 e. The minimum absolute atomic E-state index is 0. The number of ether oxygens (including phenoxy) is 1. The summed E-state index contributed by atoms with van der Waals surface area (Å²) in [5, 5.41) is 3.02. The molecule has 1 N–H and O–H groups in total. The van der Waals surface area contributed by atoms with Crippen LogP contribution in [0, 0.1) is 0 Å². The summed E-state index contributed by atoms with van der Waals surface area (Å²) in [4.78, 5) is 24.8. The van der Waals surface area contributed by atoms with Gasteiger partial charge in [-0.25, -0.2) is 0 Å². The Labute approximate surface area is 108 Å². The molecule has 0 radical (unpaired) electrons. The first-order valence-electron chi connectivity index (χ1n) is 5.47. The highest BCUT2D eigenvalue weighted by molar-refractivity contribution is 5.87. The fourth-order valence-corrected chi connectivity index (χ4v) is 1.67. The number of nitrogens with zero attached hydrogens (tertiary/aromatic N) is 1. The van der Waals surface area contributed by atoms with Gasteiger partial charge in [0, 0.05) is 19.6 Å². The van der Waals surface area contributed by atoms with E-state index in [1.807, 2.05) is 0 Å². The molecule has 98 valence electrons. The average Bonchev–Trinajstić information content (AvgIpc) is 2.24. The van der Waals surface area contributed by atoms with Gasteiger partial charge in [-0.05, 0) is 6.92 Å². The van der Waals surface area contributed by atoms with Crippen molar-refractivity contribution in [1.29, 1.82) is 0 Å². The summed E-state index contributed by atoms with van der Waals surface area (Å²) in [5.74, 6) is -0.395. The smallest absolute Gasteiger partial charge is 0.307 e. The van der Waals surface area contributed by atoms with Crippen molar-refractivity contribution in [3.63, 3.8) is 0 Å². The lowest BCUT2D eigenvalue weighted by Gasteiger charge is -2.32. The van der Waals surface area contributed by atoms with Crippen molar-refractivity contribution in [3.8, 4) is 0 Å². The quantitative estimate of drug-likeness (QED) is 0.574. The zero-order valence-electron chi connectivity index (χ0n) is 9.98. The topological polar surface area (TPSA) is 58.6 Å². The highest BCUT2D eigenvalue weighted by atomic mass is 35.5. The van der Waals surface area contributed by atoms with E-state index >= 15 is 0 Å². The Morgan fingerprint density at radius 2 is 2.41 bits per heavy atom. The lowest BCUT2D eigenvalue weighted by atomic mass is 10.1. The van der Waals surface area contributed by atoms with Crippen LogP contribution in [0.3, 0.4) is 0 Å². The Morgan fingerprint density at radius 3 is 3.00 bits per heavy atom. The Morgan fingerprint density at radius 1 is 1.71 bits per heavy atom. The molecule has 0 aromatic carbocycles. The van der Waals surface area contributed by atoms with Crippen molar-refractivity contribution in [3.05, 3.63) is 12.7 Å². The Bertz CT molecular complexity index is 284. The number of halogens is 1. The number of esters is 1. The second-order valence-corrected chi connectivity index (χ2v) is 3.59. The van der Waals surface area contributed by atoms with E-state index in [0.717, 1.165) is 0 Å². The van der Waals surface area contributed by atoms with E-state index in [1.165, 1.54) is 0 Å². The SMILES string of the molecule is C=CCN1CCNC(CC(=O)OCC)C1=O.Cl. The average molecular weight is 263 g/mol. The first kappa shape index (κ1) is 15.9. The van der Waals surface area contributed by atoms with Crippen LogP contribution in [-0.4, -0.2) is 49.1 Å². The molecule has 1 amide bonds. The van der Waals surface area contributed by atoms with Crippen LogP contribution in [0.5, 0.6) is 0 Å². The molecule has 0 aliphatic carbocycles. The summed E-state index contributed by atoms with van der Waals surface area (Å²) < 4.78 is 4.82. The highest BCUT2D eigenvalue weighted by Gasteiger charge is 2.29. The van der Waals surface area contributed by atoms with E-state index in [1.54, 1.807) is 17.9 Å². The Balaban J connectivity index is 0.00000256. The molecule has 0 bridgehead atoms. The minimum Gasteiger partial charge on any atom is -0.466 e. The van der Waals surface area contributed by atoms with Crippen LogP contribution >= 0.6 is 12.4 Å². The van der Waals surface area contributed by atoms with Crippen LogP contribution in [0.1, 0.15) is 13.3 Å².